The van der Waals surface area contributed by atoms with Crippen molar-refractivity contribution in [2.45, 2.75) is 95.9 Å². The Hall–Kier alpha value is -0.810. The highest BCUT2D eigenvalue weighted by Gasteiger charge is 2.26. The van der Waals surface area contributed by atoms with Gasteiger partial charge in [0.25, 0.3) is 0 Å². The van der Waals surface area contributed by atoms with Crippen LogP contribution in [0.2, 0.25) is 0 Å². The van der Waals surface area contributed by atoms with E-state index in [1.807, 2.05) is 20.8 Å². The first-order chi connectivity index (χ1) is 9.92. The molecule has 2 aliphatic rings. The Labute approximate surface area is 128 Å². The quantitative estimate of drug-likeness (QED) is 0.782. The summed E-state index contributed by atoms with van der Waals surface area (Å²) < 4.78 is 5.32. The molecule has 0 aromatic carbocycles. The van der Waals surface area contributed by atoms with Gasteiger partial charge in [-0.1, -0.05) is 12.8 Å². The number of nitrogens with one attached hydrogen (secondary N) is 2. The Morgan fingerprint density at radius 3 is 2.33 bits per heavy atom. The highest BCUT2D eigenvalue weighted by Crippen LogP contribution is 2.23. The number of hydroxylamine groups is 1. The molecule has 1 amide bonds. The zero-order valence-electron chi connectivity index (χ0n) is 13.6. The summed E-state index contributed by atoms with van der Waals surface area (Å²) in [6.07, 6.45) is 9.09. The number of carbonyl (C=O) groups excluding carboxylic acids is 1. The third-order valence-electron chi connectivity index (χ3n) is 4.10. The highest BCUT2D eigenvalue weighted by atomic mass is 16.7. The molecule has 2 unspecified atom stereocenters. The number of carbonyl (C=O) groups is 1. The largest absolute Gasteiger partial charge is 0.444 e. The van der Waals surface area contributed by atoms with Gasteiger partial charge in [0.15, 0.2) is 0 Å². The van der Waals surface area contributed by atoms with Crippen LogP contribution in [0.4, 0.5) is 4.79 Å². The zero-order chi connectivity index (χ0) is 15.3. The Bertz CT molecular complexity index is 335. The van der Waals surface area contributed by atoms with Gasteiger partial charge >= 0.3 is 6.09 Å². The number of alkyl carbamates (subject to hydrolysis) is 1. The first-order valence-corrected chi connectivity index (χ1v) is 8.33. The molecular weight excluding hydrogens is 268 g/mol. The molecule has 2 saturated carbocycles. The van der Waals surface area contributed by atoms with E-state index in [0.717, 1.165) is 25.7 Å². The lowest BCUT2D eigenvalue weighted by Crippen LogP contribution is -2.46. The fourth-order valence-electron chi connectivity index (χ4n) is 3.10. The number of amides is 1. The average Bonchev–Trinajstić information content (AvgIpc) is 2.87. The van der Waals surface area contributed by atoms with E-state index in [0.29, 0.717) is 12.1 Å². The van der Waals surface area contributed by atoms with Crippen molar-refractivity contribution in [1.82, 2.24) is 10.8 Å². The molecule has 0 radical (unpaired) electrons. The maximum atomic E-state index is 11.8. The summed E-state index contributed by atoms with van der Waals surface area (Å²) in [7, 11) is 0. The minimum Gasteiger partial charge on any atom is -0.444 e. The molecule has 2 N–H and O–H groups in total. The van der Waals surface area contributed by atoms with Gasteiger partial charge in [0.1, 0.15) is 5.60 Å². The third kappa shape index (κ3) is 6.22. The van der Waals surface area contributed by atoms with Crippen molar-refractivity contribution in [3.05, 3.63) is 0 Å². The molecule has 0 heterocycles. The third-order valence-corrected chi connectivity index (χ3v) is 4.10. The summed E-state index contributed by atoms with van der Waals surface area (Å²) in [4.78, 5) is 17.6. The van der Waals surface area contributed by atoms with Crippen molar-refractivity contribution < 1.29 is 14.4 Å². The molecule has 5 nitrogen and oxygen atoms in total. The number of ether oxygens (including phenoxy) is 1. The fraction of sp³-hybridized carbons (Fsp3) is 0.938. The van der Waals surface area contributed by atoms with Gasteiger partial charge in [0, 0.05) is 12.1 Å². The first-order valence-electron chi connectivity index (χ1n) is 8.33. The van der Waals surface area contributed by atoms with E-state index in [2.05, 4.69) is 10.8 Å². The summed E-state index contributed by atoms with van der Waals surface area (Å²) in [6.45, 7) is 5.65. The van der Waals surface area contributed by atoms with E-state index in [9.17, 15) is 4.79 Å². The van der Waals surface area contributed by atoms with Gasteiger partial charge in [-0.2, -0.15) is 5.48 Å². The zero-order valence-corrected chi connectivity index (χ0v) is 13.6. The maximum absolute atomic E-state index is 11.8. The number of hydrogen-bond donors (Lipinski definition) is 2. The lowest BCUT2D eigenvalue weighted by atomic mass is 9.91. The van der Waals surface area contributed by atoms with Crippen molar-refractivity contribution in [2.75, 3.05) is 0 Å². The summed E-state index contributed by atoms with van der Waals surface area (Å²) in [5, 5.41) is 2.98. The molecule has 2 rings (SSSR count). The van der Waals surface area contributed by atoms with E-state index in [1.165, 1.54) is 25.7 Å². The Morgan fingerprint density at radius 1 is 1.00 bits per heavy atom. The Balaban J connectivity index is 1.68. The van der Waals surface area contributed by atoms with Crippen molar-refractivity contribution in [1.29, 1.82) is 0 Å². The summed E-state index contributed by atoms with van der Waals surface area (Å²) >= 11 is 0. The van der Waals surface area contributed by atoms with Crippen LogP contribution in [-0.4, -0.2) is 29.9 Å². The molecule has 0 aromatic rings. The molecule has 0 bridgehead atoms. The van der Waals surface area contributed by atoms with E-state index in [-0.39, 0.29) is 12.1 Å². The van der Waals surface area contributed by atoms with Crippen LogP contribution in [0.25, 0.3) is 0 Å². The molecule has 2 aliphatic carbocycles. The van der Waals surface area contributed by atoms with Gasteiger partial charge < -0.3 is 10.1 Å². The number of hydrogen-bond acceptors (Lipinski definition) is 4. The molecule has 0 aromatic heterocycles. The van der Waals surface area contributed by atoms with Gasteiger partial charge in [-0.3, -0.25) is 4.84 Å². The second kappa shape index (κ2) is 7.45. The standard InChI is InChI=1S/C16H30N2O3/c1-16(2,3)20-15(19)17-12-7-6-8-13(11-12)18-21-14-9-4-5-10-14/h12-14,18H,4-11H2,1-3H3,(H,17,19). The van der Waals surface area contributed by atoms with Crippen LogP contribution in [0.15, 0.2) is 0 Å². The van der Waals surface area contributed by atoms with Gasteiger partial charge in [-0.25, -0.2) is 4.79 Å². The molecule has 2 fully saturated rings. The second-order valence-electron chi connectivity index (χ2n) is 7.35. The minimum atomic E-state index is -0.442. The van der Waals surface area contributed by atoms with Crippen LogP contribution in [-0.2, 0) is 9.57 Å². The van der Waals surface area contributed by atoms with E-state index < -0.39 is 5.60 Å². The van der Waals surface area contributed by atoms with E-state index >= 15 is 0 Å². The van der Waals surface area contributed by atoms with Crippen molar-refractivity contribution in [2.24, 2.45) is 0 Å². The molecular formula is C16H30N2O3. The smallest absolute Gasteiger partial charge is 0.407 e. The molecule has 122 valence electrons. The maximum Gasteiger partial charge on any atom is 0.407 e. The van der Waals surface area contributed by atoms with Crippen LogP contribution < -0.4 is 10.8 Å². The topological polar surface area (TPSA) is 59.6 Å². The van der Waals surface area contributed by atoms with Gasteiger partial charge in [-0.15, -0.1) is 0 Å². The van der Waals surface area contributed by atoms with Crippen molar-refractivity contribution in [3.63, 3.8) is 0 Å². The van der Waals surface area contributed by atoms with Gasteiger partial charge in [-0.05, 0) is 59.3 Å². The van der Waals surface area contributed by atoms with E-state index in [4.69, 9.17) is 9.57 Å². The summed E-state index contributed by atoms with van der Waals surface area (Å²) in [5.74, 6) is 0. The van der Waals surface area contributed by atoms with Crippen molar-refractivity contribution in [3.8, 4) is 0 Å². The molecule has 5 heteroatoms. The predicted octanol–water partition coefficient (Wildman–Crippen LogP) is 3.29. The first kappa shape index (κ1) is 16.6. The fourth-order valence-corrected chi connectivity index (χ4v) is 3.10. The molecule has 0 spiro atoms. The minimum absolute atomic E-state index is 0.179. The molecule has 0 aliphatic heterocycles. The predicted molar refractivity (Wildman–Crippen MR) is 81.9 cm³/mol. The van der Waals surface area contributed by atoms with Crippen LogP contribution >= 0.6 is 0 Å². The van der Waals surface area contributed by atoms with Crippen LogP contribution in [0, 0.1) is 0 Å². The van der Waals surface area contributed by atoms with Crippen LogP contribution in [0.5, 0.6) is 0 Å². The second-order valence-corrected chi connectivity index (χ2v) is 7.35. The normalized spacial score (nSPS) is 27.6. The van der Waals surface area contributed by atoms with E-state index in [1.54, 1.807) is 0 Å². The van der Waals surface area contributed by atoms with Crippen LogP contribution in [0.1, 0.15) is 72.1 Å². The highest BCUT2D eigenvalue weighted by molar-refractivity contribution is 5.68. The molecule has 21 heavy (non-hydrogen) atoms. The SMILES string of the molecule is CC(C)(C)OC(=O)NC1CCCC(NOC2CCCC2)C1. The monoisotopic (exact) mass is 298 g/mol. The van der Waals surface area contributed by atoms with Crippen LogP contribution in [0.3, 0.4) is 0 Å². The summed E-state index contributed by atoms with van der Waals surface area (Å²) in [5.41, 5.74) is 2.78. The van der Waals surface area contributed by atoms with Crippen molar-refractivity contribution >= 4 is 6.09 Å². The summed E-state index contributed by atoms with van der Waals surface area (Å²) in [6, 6.07) is 0.512. The molecule has 0 saturated heterocycles. The molecule has 2 atom stereocenters. The van der Waals surface area contributed by atoms with Gasteiger partial charge in [0.05, 0.1) is 6.10 Å². The lowest BCUT2D eigenvalue weighted by Gasteiger charge is -2.31. The Morgan fingerprint density at radius 2 is 1.67 bits per heavy atom. The Kier molecular flexibility index (Phi) is 5.88. The lowest BCUT2D eigenvalue weighted by molar-refractivity contribution is -0.0482. The average molecular weight is 298 g/mol. The number of rotatable bonds is 4. The van der Waals surface area contributed by atoms with Gasteiger partial charge in [0.2, 0.25) is 0 Å².